The number of hydrogen-bond donors (Lipinski definition) is 1. The highest BCUT2D eigenvalue weighted by Gasteiger charge is 2.39. The van der Waals surface area contributed by atoms with Gasteiger partial charge < -0.3 is 19.2 Å². The lowest BCUT2D eigenvalue weighted by Crippen LogP contribution is -2.41. The fourth-order valence-electron chi connectivity index (χ4n) is 3.12. The Balaban J connectivity index is 0.000000370. The van der Waals surface area contributed by atoms with E-state index in [1.165, 1.54) is 0 Å². The SMILES string of the molecule is CO[C@H]1CCN(C(=O)c2ccoc2C)[C@H]1Cc1cccnc1.O=C(O)C(F)(F)F. The third kappa shape index (κ3) is 5.80. The smallest absolute Gasteiger partial charge is 0.475 e. The Hall–Kier alpha value is -2.88. The van der Waals surface area contributed by atoms with E-state index in [2.05, 4.69) is 4.98 Å². The highest BCUT2D eigenvalue weighted by molar-refractivity contribution is 5.95. The zero-order chi connectivity index (χ0) is 21.6. The van der Waals surface area contributed by atoms with E-state index in [1.54, 1.807) is 25.6 Å². The highest BCUT2D eigenvalue weighted by atomic mass is 19.4. The van der Waals surface area contributed by atoms with Crippen LogP contribution in [0, 0.1) is 6.92 Å². The van der Waals surface area contributed by atoms with Crippen molar-refractivity contribution in [3.05, 3.63) is 53.7 Å². The normalized spacial score (nSPS) is 18.9. The molecule has 1 saturated heterocycles. The largest absolute Gasteiger partial charge is 0.490 e. The van der Waals surface area contributed by atoms with Crippen LogP contribution in [-0.4, -0.2) is 58.8 Å². The van der Waals surface area contributed by atoms with Crippen molar-refractivity contribution in [2.45, 2.75) is 38.1 Å². The van der Waals surface area contributed by atoms with E-state index in [4.69, 9.17) is 19.1 Å². The minimum atomic E-state index is -5.08. The van der Waals surface area contributed by atoms with Gasteiger partial charge in [0.1, 0.15) is 5.76 Å². The van der Waals surface area contributed by atoms with Gasteiger partial charge in [0.2, 0.25) is 0 Å². The number of aryl methyl sites for hydroxylation is 1. The minimum absolute atomic E-state index is 0.0136. The van der Waals surface area contributed by atoms with E-state index in [0.29, 0.717) is 17.9 Å². The molecule has 0 radical (unpaired) electrons. The van der Waals surface area contributed by atoms with E-state index in [-0.39, 0.29) is 18.1 Å². The molecule has 0 aromatic carbocycles. The molecular formula is C19H21F3N2O5. The van der Waals surface area contributed by atoms with Gasteiger partial charge in [-0.05, 0) is 37.5 Å². The molecule has 1 aliphatic heterocycles. The zero-order valence-corrected chi connectivity index (χ0v) is 15.8. The Labute approximate surface area is 165 Å². The quantitative estimate of drug-likeness (QED) is 0.827. The van der Waals surface area contributed by atoms with E-state index in [1.807, 2.05) is 30.2 Å². The van der Waals surface area contributed by atoms with Crippen molar-refractivity contribution >= 4 is 11.9 Å². The number of carbonyl (C=O) groups is 2. The van der Waals surface area contributed by atoms with Gasteiger partial charge in [-0.15, -0.1) is 0 Å². The summed E-state index contributed by atoms with van der Waals surface area (Å²) in [4.78, 5) is 27.7. The van der Waals surface area contributed by atoms with Crippen LogP contribution in [0.3, 0.4) is 0 Å². The number of furan rings is 1. The highest BCUT2D eigenvalue weighted by Crippen LogP contribution is 2.26. The van der Waals surface area contributed by atoms with Crippen molar-refractivity contribution in [1.82, 2.24) is 9.88 Å². The van der Waals surface area contributed by atoms with Gasteiger partial charge in [0, 0.05) is 26.0 Å². The number of methoxy groups -OCH3 is 1. The number of aliphatic carboxylic acids is 1. The maximum Gasteiger partial charge on any atom is 0.490 e. The van der Waals surface area contributed by atoms with Crippen LogP contribution in [0.2, 0.25) is 0 Å². The summed E-state index contributed by atoms with van der Waals surface area (Å²) < 4.78 is 42.6. The van der Waals surface area contributed by atoms with Crippen LogP contribution in [0.25, 0.3) is 0 Å². The Morgan fingerprint density at radius 1 is 1.38 bits per heavy atom. The van der Waals surface area contributed by atoms with E-state index in [9.17, 15) is 18.0 Å². The maximum atomic E-state index is 12.8. The van der Waals surface area contributed by atoms with Crippen molar-refractivity contribution in [3.63, 3.8) is 0 Å². The van der Waals surface area contributed by atoms with E-state index in [0.717, 1.165) is 18.4 Å². The van der Waals surface area contributed by atoms with Gasteiger partial charge in [-0.25, -0.2) is 4.79 Å². The summed E-state index contributed by atoms with van der Waals surface area (Å²) in [7, 11) is 1.71. The number of carbonyl (C=O) groups excluding carboxylic acids is 1. The lowest BCUT2D eigenvalue weighted by Gasteiger charge is -2.27. The summed E-state index contributed by atoms with van der Waals surface area (Å²) in [6.07, 6.45) is 1.72. The number of aromatic nitrogens is 1. The number of likely N-dealkylation sites (tertiary alicyclic amines) is 1. The fourth-order valence-corrected chi connectivity index (χ4v) is 3.12. The summed E-state index contributed by atoms with van der Waals surface area (Å²) in [5, 5.41) is 7.12. The molecule has 0 unspecified atom stereocenters. The number of hydrogen-bond acceptors (Lipinski definition) is 5. The number of ether oxygens (including phenoxy) is 1. The van der Waals surface area contributed by atoms with Crippen molar-refractivity contribution in [1.29, 1.82) is 0 Å². The van der Waals surface area contributed by atoms with Crippen LogP contribution in [0.4, 0.5) is 13.2 Å². The van der Waals surface area contributed by atoms with Crippen LogP contribution >= 0.6 is 0 Å². The molecule has 158 valence electrons. The number of nitrogens with zero attached hydrogens (tertiary/aromatic N) is 2. The third-order valence-corrected chi connectivity index (χ3v) is 4.55. The second-order valence-electron chi connectivity index (χ2n) is 6.39. The Bertz CT molecular complexity index is 823. The summed E-state index contributed by atoms with van der Waals surface area (Å²) in [5.41, 5.74) is 1.74. The second-order valence-corrected chi connectivity index (χ2v) is 6.39. The molecule has 29 heavy (non-hydrogen) atoms. The van der Waals surface area contributed by atoms with Crippen LogP contribution in [0.5, 0.6) is 0 Å². The number of pyridine rings is 1. The van der Waals surface area contributed by atoms with Crippen molar-refractivity contribution in [2.75, 3.05) is 13.7 Å². The molecule has 0 bridgehead atoms. The van der Waals surface area contributed by atoms with Crippen LogP contribution in [0.1, 0.15) is 28.1 Å². The van der Waals surface area contributed by atoms with Gasteiger partial charge in [0.15, 0.2) is 0 Å². The number of halogens is 3. The van der Waals surface area contributed by atoms with Gasteiger partial charge in [-0.3, -0.25) is 9.78 Å². The topological polar surface area (TPSA) is 92.9 Å². The molecule has 2 aromatic heterocycles. The first-order valence-electron chi connectivity index (χ1n) is 8.72. The summed E-state index contributed by atoms with van der Waals surface area (Å²) >= 11 is 0. The van der Waals surface area contributed by atoms with Crippen molar-refractivity contribution in [3.8, 4) is 0 Å². The fraction of sp³-hybridized carbons (Fsp3) is 0.421. The van der Waals surface area contributed by atoms with E-state index >= 15 is 0 Å². The van der Waals surface area contributed by atoms with Crippen LogP contribution in [-0.2, 0) is 16.0 Å². The molecule has 3 heterocycles. The molecule has 0 saturated carbocycles. The molecular weight excluding hydrogens is 393 g/mol. The summed E-state index contributed by atoms with van der Waals surface area (Å²) in [6, 6.07) is 5.71. The summed E-state index contributed by atoms with van der Waals surface area (Å²) in [6.45, 7) is 2.51. The molecule has 0 spiro atoms. The Morgan fingerprint density at radius 3 is 2.55 bits per heavy atom. The standard InChI is InChI=1S/C17H20N2O3.C2HF3O2/c1-12-14(6-9-22-12)17(20)19-8-5-16(21-2)15(19)10-13-4-3-7-18-11-13;3-2(4,5)1(6)7/h3-4,6-7,9,11,15-16H,5,8,10H2,1-2H3;(H,6,7)/t15-,16-;/m0./s1. The number of alkyl halides is 3. The van der Waals surface area contributed by atoms with Gasteiger partial charge in [0.05, 0.1) is 24.0 Å². The molecule has 1 aliphatic rings. The molecule has 7 nitrogen and oxygen atoms in total. The van der Waals surface area contributed by atoms with Gasteiger partial charge in [-0.2, -0.15) is 13.2 Å². The predicted molar refractivity (Wildman–Crippen MR) is 95.3 cm³/mol. The molecule has 10 heteroatoms. The predicted octanol–water partition coefficient (Wildman–Crippen LogP) is 3.09. The Morgan fingerprint density at radius 2 is 2.07 bits per heavy atom. The van der Waals surface area contributed by atoms with Gasteiger partial charge >= 0.3 is 12.1 Å². The lowest BCUT2D eigenvalue weighted by molar-refractivity contribution is -0.192. The molecule has 1 fully saturated rings. The van der Waals surface area contributed by atoms with Gasteiger partial charge in [-0.1, -0.05) is 6.07 Å². The molecule has 2 atom stereocenters. The van der Waals surface area contributed by atoms with Crippen LogP contribution < -0.4 is 0 Å². The molecule has 3 rings (SSSR count). The molecule has 1 amide bonds. The lowest BCUT2D eigenvalue weighted by atomic mass is 10.0. The number of carboxylic acids is 1. The maximum absolute atomic E-state index is 12.8. The average Bonchev–Trinajstić information content (AvgIpc) is 3.28. The number of rotatable bonds is 4. The first kappa shape index (κ1) is 22.4. The van der Waals surface area contributed by atoms with Crippen molar-refractivity contribution < 1.29 is 37.0 Å². The first-order valence-corrected chi connectivity index (χ1v) is 8.72. The zero-order valence-electron chi connectivity index (χ0n) is 15.8. The van der Waals surface area contributed by atoms with Crippen molar-refractivity contribution in [2.24, 2.45) is 0 Å². The minimum Gasteiger partial charge on any atom is -0.475 e. The average molecular weight is 414 g/mol. The van der Waals surface area contributed by atoms with Gasteiger partial charge in [0.25, 0.3) is 5.91 Å². The summed E-state index contributed by atoms with van der Waals surface area (Å²) in [5.74, 6) is -2.09. The number of carboxylic acid groups (broad SMARTS) is 1. The van der Waals surface area contributed by atoms with E-state index < -0.39 is 12.1 Å². The second kappa shape index (κ2) is 9.55. The molecule has 1 N–H and O–H groups in total. The monoisotopic (exact) mass is 414 g/mol. The molecule has 0 aliphatic carbocycles. The molecule has 2 aromatic rings. The van der Waals surface area contributed by atoms with Crippen LogP contribution in [0.15, 0.2) is 41.3 Å². The Kier molecular flexibility index (Phi) is 7.38. The first-order chi connectivity index (χ1) is 13.6. The third-order valence-electron chi connectivity index (χ3n) is 4.55. The number of amides is 1.